The molecule has 0 saturated heterocycles. The molecule has 0 aromatic heterocycles. The van der Waals surface area contributed by atoms with Crippen LogP contribution in [0.4, 0.5) is 0 Å². The van der Waals surface area contributed by atoms with Crippen LogP contribution in [0.2, 0.25) is 0 Å². The second-order valence-electron chi connectivity index (χ2n) is 4.35. The maximum absolute atomic E-state index is 10.2. The molecular formula is C16H26O2. The predicted molar refractivity (Wildman–Crippen MR) is 77.7 cm³/mol. The zero-order valence-electron chi connectivity index (χ0n) is 11.5. The Hall–Kier alpha value is -1.31. The predicted octanol–water partition coefficient (Wildman–Crippen LogP) is 4.88. The first-order valence-electron chi connectivity index (χ1n) is 6.96. The summed E-state index contributed by atoms with van der Waals surface area (Å²) in [6, 6.07) is 0. The number of hydrogen-bond donors (Lipinski definition) is 1. The van der Waals surface area contributed by atoms with E-state index in [1.165, 1.54) is 31.8 Å². The number of unbranched alkanes of at least 4 members (excludes halogenated alkanes) is 5. The van der Waals surface area contributed by atoms with Crippen molar-refractivity contribution in [3.8, 4) is 0 Å². The Morgan fingerprint density at radius 2 is 1.50 bits per heavy atom. The first-order chi connectivity index (χ1) is 8.77. The van der Waals surface area contributed by atoms with Crippen LogP contribution in [0.1, 0.15) is 58.3 Å². The van der Waals surface area contributed by atoms with Gasteiger partial charge in [-0.3, -0.25) is 0 Å². The average molecular weight is 250 g/mol. The molecule has 18 heavy (non-hydrogen) atoms. The van der Waals surface area contributed by atoms with Crippen molar-refractivity contribution in [2.45, 2.75) is 58.3 Å². The van der Waals surface area contributed by atoms with Crippen LogP contribution in [0.25, 0.3) is 0 Å². The van der Waals surface area contributed by atoms with Crippen molar-refractivity contribution in [3.05, 3.63) is 36.5 Å². The van der Waals surface area contributed by atoms with Crippen LogP contribution in [0, 0.1) is 0 Å². The topological polar surface area (TPSA) is 37.3 Å². The lowest BCUT2D eigenvalue weighted by atomic mass is 10.1. The molecule has 2 heteroatoms. The van der Waals surface area contributed by atoms with Gasteiger partial charge in [0.15, 0.2) is 0 Å². The van der Waals surface area contributed by atoms with E-state index in [1.807, 2.05) is 0 Å². The molecule has 0 aromatic carbocycles. The molecule has 0 spiro atoms. The summed E-state index contributed by atoms with van der Waals surface area (Å²) >= 11 is 0. The van der Waals surface area contributed by atoms with Gasteiger partial charge in [-0.05, 0) is 38.5 Å². The van der Waals surface area contributed by atoms with Gasteiger partial charge in [0.2, 0.25) is 0 Å². The van der Waals surface area contributed by atoms with E-state index in [9.17, 15) is 4.79 Å². The first-order valence-corrected chi connectivity index (χ1v) is 6.96. The van der Waals surface area contributed by atoms with Crippen molar-refractivity contribution in [2.75, 3.05) is 0 Å². The molecule has 0 aliphatic rings. The summed E-state index contributed by atoms with van der Waals surface area (Å²) in [6.07, 6.45) is 20.7. The monoisotopic (exact) mass is 250 g/mol. The van der Waals surface area contributed by atoms with E-state index >= 15 is 0 Å². The number of carbonyl (C=O) groups is 1. The van der Waals surface area contributed by atoms with Gasteiger partial charge in [0, 0.05) is 6.08 Å². The quantitative estimate of drug-likeness (QED) is 0.322. The molecule has 0 rings (SSSR count). The lowest BCUT2D eigenvalue weighted by Crippen LogP contribution is -1.85. The summed E-state index contributed by atoms with van der Waals surface area (Å²) in [5.41, 5.74) is 0. The average Bonchev–Trinajstić information content (AvgIpc) is 2.34. The van der Waals surface area contributed by atoms with E-state index < -0.39 is 5.97 Å². The van der Waals surface area contributed by atoms with Gasteiger partial charge in [0.1, 0.15) is 0 Å². The van der Waals surface area contributed by atoms with Crippen LogP contribution in [0.5, 0.6) is 0 Å². The van der Waals surface area contributed by atoms with Crippen molar-refractivity contribution in [1.82, 2.24) is 0 Å². The summed E-state index contributed by atoms with van der Waals surface area (Å²) < 4.78 is 0. The lowest BCUT2D eigenvalue weighted by molar-refractivity contribution is -0.131. The summed E-state index contributed by atoms with van der Waals surface area (Å²) in [7, 11) is 0. The number of carboxylic acid groups (broad SMARTS) is 1. The highest BCUT2D eigenvalue weighted by Gasteiger charge is 1.87. The summed E-state index contributed by atoms with van der Waals surface area (Å²) in [4.78, 5) is 10.2. The van der Waals surface area contributed by atoms with Crippen LogP contribution in [0.15, 0.2) is 36.5 Å². The molecule has 0 unspecified atom stereocenters. The number of rotatable bonds is 11. The second kappa shape index (κ2) is 13.8. The smallest absolute Gasteiger partial charge is 0.327 e. The van der Waals surface area contributed by atoms with Gasteiger partial charge in [0.25, 0.3) is 0 Å². The van der Waals surface area contributed by atoms with Crippen LogP contribution < -0.4 is 0 Å². The van der Waals surface area contributed by atoms with E-state index in [1.54, 1.807) is 6.08 Å². The summed E-state index contributed by atoms with van der Waals surface area (Å²) in [5.74, 6) is -0.853. The number of carboxylic acids is 1. The summed E-state index contributed by atoms with van der Waals surface area (Å²) in [6.45, 7) is 2.19. The van der Waals surface area contributed by atoms with Crippen molar-refractivity contribution >= 4 is 5.97 Å². The standard InChI is InChI=1S/C16H26O2/c1-2-3-4-5-6-7-8-9-10-11-12-13-14-15-16(17)18/h4-5,7-8,14-15H,2-3,6,9-13H2,1H3,(H,17,18). The highest BCUT2D eigenvalue weighted by molar-refractivity contribution is 5.79. The molecule has 0 aliphatic heterocycles. The van der Waals surface area contributed by atoms with Gasteiger partial charge < -0.3 is 5.11 Å². The van der Waals surface area contributed by atoms with E-state index in [2.05, 4.69) is 31.2 Å². The zero-order chi connectivity index (χ0) is 13.5. The lowest BCUT2D eigenvalue weighted by Gasteiger charge is -1.94. The van der Waals surface area contributed by atoms with E-state index in [4.69, 9.17) is 5.11 Å². The van der Waals surface area contributed by atoms with E-state index in [0.717, 1.165) is 25.7 Å². The minimum atomic E-state index is -0.853. The van der Waals surface area contributed by atoms with Gasteiger partial charge >= 0.3 is 5.97 Å². The Balaban J connectivity index is 3.24. The largest absolute Gasteiger partial charge is 0.478 e. The molecule has 0 amide bonds. The third-order valence-corrected chi connectivity index (χ3v) is 2.56. The van der Waals surface area contributed by atoms with Crippen LogP contribution >= 0.6 is 0 Å². The maximum Gasteiger partial charge on any atom is 0.327 e. The molecule has 0 aromatic rings. The molecule has 102 valence electrons. The first kappa shape index (κ1) is 16.7. The molecule has 1 N–H and O–H groups in total. The zero-order valence-corrected chi connectivity index (χ0v) is 11.5. The van der Waals surface area contributed by atoms with Crippen LogP contribution in [0.3, 0.4) is 0 Å². The third kappa shape index (κ3) is 14.7. The molecule has 0 saturated carbocycles. The molecule has 0 atom stereocenters. The molecule has 2 nitrogen and oxygen atoms in total. The van der Waals surface area contributed by atoms with Gasteiger partial charge in [-0.2, -0.15) is 0 Å². The molecule has 0 fully saturated rings. The maximum atomic E-state index is 10.2. The van der Waals surface area contributed by atoms with Gasteiger partial charge in [-0.25, -0.2) is 4.79 Å². The fourth-order valence-corrected chi connectivity index (χ4v) is 1.56. The Morgan fingerprint density at radius 3 is 2.11 bits per heavy atom. The summed E-state index contributed by atoms with van der Waals surface area (Å²) in [5, 5.41) is 8.39. The fourth-order valence-electron chi connectivity index (χ4n) is 1.56. The van der Waals surface area contributed by atoms with Gasteiger partial charge in [-0.15, -0.1) is 0 Å². The van der Waals surface area contributed by atoms with Crippen LogP contribution in [-0.2, 0) is 4.79 Å². The van der Waals surface area contributed by atoms with Crippen LogP contribution in [-0.4, -0.2) is 11.1 Å². The van der Waals surface area contributed by atoms with E-state index in [-0.39, 0.29) is 0 Å². The number of allylic oxidation sites excluding steroid dienone is 5. The Bertz CT molecular complexity index is 275. The minimum absolute atomic E-state index is 0.853. The number of aliphatic carboxylic acids is 1. The van der Waals surface area contributed by atoms with Crippen molar-refractivity contribution < 1.29 is 9.90 Å². The molecule has 0 bridgehead atoms. The Labute approximate surface area is 111 Å². The second-order valence-corrected chi connectivity index (χ2v) is 4.35. The Morgan fingerprint density at radius 1 is 0.889 bits per heavy atom. The minimum Gasteiger partial charge on any atom is -0.478 e. The molecule has 0 radical (unpaired) electrons. The normalized spacial score (nSPS) is 12.1. The van der Waals surface area contributed by atoms with E-state index in [0.29, 0.717) is 0 Å². The van der Waals surface area contributed by atoms with Gasteiger partial charge in [-0.1, -0.05) is 50.1 Å². The highest BCUT2D eigenvalue weighted by Crippen LogP contribution is 2.04. The van der Waals surface area contributed by atoms with Crippen molar-refractivity contribution in [2.24, 2.45) is 0 Å². The third-order valence-electron chi connectivity index (χ3n) is 2.56. The number of hydrogen-bond acceptors (Lipinski definition) is 1. The Kier molecular flexibility index (Phi) is 12.8. The SMILES string of the molecule is CCCC=CCC=CCCCCCC=CC(=O)O. The molecular weight excluding hydrogens is 224 g/mol. The van der Waals surface area contributed by atoms with Crippen molar-refractivity contribution in [3.63, 3.8) is 0 Å². The molecule has 0 heterocycles. The highest BCUT2D eigenvalue weighted by atomic mass is 16.4. The van der Waals surface area contributed by atoms with Gasteiger partial charge in [0.05, 0.1) is 0 Å². The molecule has 0 aliphatic carbocycles. The van der Waals surface area contributed by atoms with Crippen molar-refractivity contribution in [1.29, 1.82) is 0 Å². The fraction of sp³-hybridized carbons (Fsp3) is 0.562.